The Balaban J connectivity index is 2.19. The molecule has 0 aliphatic carbocycles. The van der Waals surface area contributed by atoms with Gasteiger partial charge in [-0.15, -0.1) is 0 Å². The van der Waals surface area contributed by atoms with E-state index < -0.39 is 5.91 Å². The van der Waals surface area contributed by atoms with Crippen LogP contribution >= 0.6 is 0 Å². The lowest BCUT2D eigenvalue weighted by atomic mass is 9.96. The number of phenols is 2. The number of hydrogen-bond donors (Lipinski definition) is 3. The molecule has 3 rings (SSSR count). The van der Waals surface area contributed by atoms with Crippen molar-refractivity contribution in [1.82, 2.24) is 10.5 Å². The summed E-state index contributed by atoms with van der Waals surface area (Å²) < 4.78 is 5.47. The van der Waals surface area contributed by atoms with Gasteiger partial charge < -0.3 is 20.1 Å². The Hall–Kier alpha value is -3.72. The first-order valence-corrected chi connectivity index (χ1v) is 9.71. The van der Waals surface area contributed by atoms with Gasteiger partial charge in [-0.3, -0.25) is 4.79 Å². The number of carbonyl (C=O) groups excluding carboxylic acids is 1. The smallest absolute Gasteiger partial charge is 0.275 e. The molecule has 30 heavy (non-hydrogen) atoms. The molecule has 3 N–H and O–H groups in total. The number of hydrogen-bond acceptors (Lipinski definition) is 5. The standard InChI is InChI=1S/C24H24N2O4/c1-14(2)18-12-19(21(28)13-20(18)27)23-17(11-10-16-8-6-5-7-9-16)22(26-30-23)24(29)25-15(3)4/h5-9,12-15,27-28H,1-4H3,(H,25,29). The Morgan fingerprint density at radius 1 is 1.03 bits per heavy atom. The summed E-state index contributed by atoms with van der Waals surface area (Å²) in [4.78, 5) is 12.6. The summed E-state index contributed by atoms with van der Waals surface area (Å²) in [6, 6.07) is 12.1. The third-order valence-corrected chi connectivity index (χ3v) is 4.44. The molecule has 0 unspecified atom stereocenters. The number of rotatable bonds is 4. The van der Waals surface area contributed by atoms with Crippen LogP contribution in [0.15, 0.2) is 47.0 Å². The van der Waals surface area contributed by atoms with E-state index in [9.17, 15) is 15.0 Å². The van der Waals surface area contributed by atoms with Gasteiger partial charge in [0.1, 0.15) is 17.1 Å². The monoisotopic (exact) mass is 404 g/mol. The van der Waals surface area contributed by atoms with Crippen LogP contribution in [0.5, 0.6) is 11.5 Å². The van der Waals surface area contributed by atoms with Gasteiger partial charge >= 0.3 is 0 Å². The highest BCUT2D eigenvalue weighted by atomic mass is 16.5. The summed E-state index contributed by atoms with van der Waals surface area (Å²) in [6.07, 6.45) is 0. The second kappa shape index (κ2) is 8.75. The van der Waals surface area contributed by atoms with Crippen LogP contribution in [-0.4, -0.2) is 27.3 Å². The van der Waals surface area contributed by atoms with Gasteiger partial charge in [0.2, 0.25) is 0 Å². The summed E-state index contributed by atoms with van der Waals surface area (Å²) in [6.45, 7) is 7.53. The first-order valence-electron chi connectivity index (χ1n) is 9.71. The zero-order valence-electron chi connectivity index (χ0n) is 17.4. The van der Waals surface area contributed by atoms with Gasteiger partial charge in [0, 0.05) is 17.7 Å². The molecule has 0 atom stereocenters. The maximum atomic E-state index is 12.6. The van der Waals surface area contributed by atoms with Crippen LogP contribution in [0.3, 0.4) is 0 Å². The summed E-state index contributed by atoms with van der Waals surface area (Å²) in [7, 11) is 0. The van der Waals surface area contributed by atoms with Crippen molar-refractivity contribution in [3.05, 3.63) is 64.8 Å². The predicted octanol–water partition coefficient (Wildman–Crippen LogP) is 4.41. The van der Waals surface area contributed by atoms with Gasteiger partial charge in [0.15, 0.2) is 11.5 Å². The highest BCUT2D eigenvalue weighted by Crippen LogP contribution is 2.39. The van der Waals surface area contributed by atoms with E-state index in [1.807, 2.05) is 58.0 Å². The van der Waals surface area contributed by atoms with Crippen LogP contribution in [-0.2, 0) is 0 Å². The van der Waals surface area contributed by atoms with E-state index in [1.54, 1.807) is 6.07 Å². The molecule has 1 amide bonds. The van der Waals surface area contributed by atoms with Gasteiger partial charge in [0.05, 0.1) is 5.56 Å². The third kappa shape index (κ3) is 4.47. The molecule has 2 aromatic carbocycles. The van der Waals surface area contributed by atoms with E-state index in [0.717, 1.165) is 5.56 Å². The van der Waals surface area contributed by atoms with E-state index in [4.69, 9.17) is 4.52 Å². The molecule has 0 bridgehead atoms. The largest absolute Gasteiger partial charge is 0.508 e. The zero-order chi connectivity index (χ0) is 21.8. The molecule has 0 fully saturated rings. The maximum absolute atomic E-state index is 12.6. The third-order valence-electron chi connectivity index (χ3n) is 4.44. The Morgan fingerprint density at radius 2 is 1.73 bits per heavy atom. The first-order chi connectivity index (χ1) is 14.3. The van der Waals surface area contributed by atoms with Crippen molar-refractivity contribution in [2.75, 3.05) is 0 Å². The highest BCUT2D eigenvalue weighted by molar-refractivity contribution is 5.97. The minimum Gasteiger partial charge on any atom is -0.508 e. The molecule has 1 heterocycles. The normalized spacial score (nSPS) is 10.7. The van der Waals surface area contributed by atoms with Crippen molar-refractivity contribution in [3.8, 4) is 34.7 Å². The molecular weight excluding hydrogens is 380 g/mol. The fourth-order valence-corrected chi connectivity index (χ4v) is 2.97. The van der Waals surface area contributed by atoms with Gasteiger partial charge in [-0.25, -0.2) is 0 Å². The summed E-state index contributed by atoms with van der Waals surface area (Å²) >= 11 is 0. The van der Waals surface area contributed by atoms with Gasteiger partial charge in [-0.05, 0) is 43.5 Å². The van der Waals surface area contributed by atoms with Crippen molar-refractivity contribution >= 4 is 5.91 Å². The number of carbonyl (C=O) groups is 1. The second-order valence-electron chi connectivity index (χ2n) is 7.56. The summed E-state index contributed by atoms with van der Waals surface area (Å²) in [5.41, 5.74) is 2.02. The van der Waals surface area contributed by atoms with Crippen LogP contribution < -0.4 is 5.32 Å². The summed E-state index contributed by atoms with van der Waals surface area (Å²) in [5, 5.41) is 27.3. The molecule has 3 aromatic rings. The molecule has 0 aliphatic heterocycles. The molecular formula is C24H24N2O4. The van der Waals surface area contributed by atoms with Gasteiger partial charge in [-0.2, -0.15) is 0 Å². The van der Waals surface area contributed by atoms with Crippen molar-refractivity contribution < 1.29 is 19.5 Å². The lowest BCUT2D eigenvalue weighted by Crippen LogP contribution is -2.30. The van der Waals surface area contributed by atoms with E-state index in [1.165, 1.54) is 6.07 Å². The fourth-order valence-electron chi connectivity index (χ4n) is 2.97. The molecule has 0 spiro atoms. The number of phenolic OH excluding ortho intramolecular Hbond substituents is 2. The molecule has 0 radical (unpaired) electrons. The van der Waals surface area contributed by atoms with Gasteiger partial charge in [-0.1, -0.05) is 49.0 Å². The zero-order valence-corrected chi connectivity index (χ0v) is 17.4. The number of nitrogens with one attached hydrogen (secondary N) is 1. The van der Waals surface area contributed by atoms with Crippen molar-refractivity contribution in [2.24, 2.45) is 0 Å². The Kier molecular flexibility index (Phi) is 6.12. The van der Waals surface area contributed by atoms with E-state index in [-0.39, 0.29) is 40.5 Å². The Labute approximate surface area is 175 Å². The van der Waals surface area contributed by atoms with E-state index in [0.29, 0.717) is 11.1 Å². The highest BCUT2D eigenvalue weighted by Gasteiger charge is 2.25. The number of aromatic nitrogens is 1. The van der Waals surface area contributed by atoms with E-state index >= 15 is 0 Å². The van der Waals surface area contributed by atoms with Crippen LogP contribution in [0.25, 0.3) is 11.3 Å². The Bertz CT molecular complexity index is 1120. The molecule has 6 nitrogen and oxygen atoms in total. The second-order valence-corrected chi connectivity index (χ2v) is 7.56. The average molecular weight is 404 g/mol. The lowest BCUT2D eigenvalue weighted by molar-refractivity contribution is 0.0934. The molecule has 1 aromatic heterocycles. The van der Waals surface area contributed by atoms with E-state index in [2.05, 4.69) is 22.3 Å². The quantitative estimate of drug-likeness (QED) is 0.560. The SMILES string of the molecule is CC(C)NC(=O)c1noc(-c2cc(C(C)C)c(O)cc2O)c1C#Cc1ccccc1. The molecule has 6 heteroatoms. The molecule has 0 saturated heterocycles. The first kappa shape index (κ1) is 21.0. The molecule has 0 aliphatic rings. The fraction of sp³-hybridized carbons (Fsp3) is 0.250. The topological polar surface area (TPSA) is 95.6 Å². The predicted molar refractivity (Wildman–Crippen MR) is 114 cm³/mol. The van der Waals surface area contributed by atoms with Crippen LogP contribution in [0.2, 0.25) is 0 Å². The molecule has 0 saturated carbocycles. The number of amides is 1. The van der Waals surface area contributed by atoms with Crippen LogP contribution in [0.1, 0.15) is 60.8 Å². The average Bonchev–Trinajstić information content (AvgIpc) is 3.10. The van der Waals surface area contributed by atoms with Crippen LogP contribution in [0, 0.1) is 11.8 Å². The van der Waals surface area contributed by atoms with Crippen molar-refractivity contribution in [1.29, 1.82) is 0 Å². The van der Waals surface area contributed by atoms with Crippen molar-refractivity contribution in [2.45, 2.75) is 39.7 Å². The van der Waals surface area contributed by atoms with Gasteiger partial charge in [0.25, 0.3) is 5.91 Å². The number of benzene rings is 2. The lowest BCUT2D eigenvalue weighted by Gasteiger charge is -2.11. The minimum absolute atomic E-state index is 0.00911. The Morgan fingerprint density at radius 3 is 2.37 bits per heavy atom. The number of nitrogens with zero attached hydrogens (tertiary/aromatic N) is 1. The van der Waals surface area contributed by atoms with Crippen molar-refractivity contribution in [3.63, 3.8) is 0 Å². The van der Waals surface area contributed by atoms with Crippen LogP contribution in [0.4, 0.5) is 0 Å². The maximum Gasteiger partial charge on any atom is 0.275 e. The minimum atomic E-state index is -0.417. The molecule has 154 valence electrons. The number of aromatic hydroxyl groups is 2. The summed E-state index contributed by atoms with van der Waals surface area (Å²) in [5.74, 6) is 5.56.